The van der Waals surface area contributed by atoms with Gasteiger partial charge in [0.1, 0.15) is 43.5 Å². The number of rotatable bonds is 14. The Kier molecular flexibility index (Phi) is 11.7. The zero-order valence-electron chi connectivity index (χ0n) is 28.0. The molecule has 10 heteroatoms. The Morgan fingerprint density at radius 3 is 1.51 bits per heavy atom. The lowest BCUT2D eigenvalue weighted by molar-refractivity contribution is -0.149. The number of esters is 3. The fourth-order valence-electron chi connectivity index (χ4n) is 5.30. The molecule has 0 unspecified atom stereocenters. The number of hydrogen-bond acceptors (Lipinski definition) is 10. The maximum Gasteiger partial charge on any atom is 0.338 e. The molecule has 1 aliphatic heterocycles. The molecule has 5 rings (SSSR count). The third-order valence-electron chi connectivity index (χ3n) is 7.48. The van der Waals surface area contributed by atoms with Crippen molar-refractivity contribution in [1.82, 2.24) is 0 Å². The van der Waals surface area contributed by atoms with Crippen molar-refractivity contribution in [2.24, 2.45) is 0 Å². The van der Waals surface area contributed by atoms with E-state index < -0.39 is 35.9 Å². The Balaban J connectivity index is 1.38. The molecule has 256 valence electrons. The summed E-state index contributed by atoms with van der Waals surface area (Å²) < 4.78 is 40.8. The monoisotopic (exact) mass is 668 g/mol. The minimum atomic E-state index is -1.01. The van der Waals surface area contributed by atoms with Crippen LogP contribution in [0, 0.1) is 0 Å². The van der Waals surface area contributed by atoms with Gasteiger partial charge >= 0.3 is 17.9 Å². The van der Waals surface area contributed by atoms with Crippen LogP contribution >= 0.6 is 0 Å². The fourth-order valence-corrected chi connectivity index (χ4v) is 5.30. The Bertz CT molecular complexity index is 1640. The van der Waals surface area contributed by atoms with E-state index in [-0.39, 0.29) is 36.5 Å². The molecule has 4 aromatic carbocycles. The molecule has 0 saturated carbocycles. The largest absolute Gasteiger partial charge is 0.489 e. The molecule has 0 amide bonds. The zero-order chi connectivity index (χ0) is 34.8. The van der Waals surface area contributed by atoms with Gasteiger partial charge in [0.15, 0.2) is 5.79 Å². The van der Waals surface area contributed by atoms with E-state index in [9.17, 15) is 14.4 Å². The van der Waals surface area contributed by atoms with E-state index in [4.69, 9.17) is 33.2 Å². The van der Waals surface area contributed by atoms with Crippen LogP contribution < -0.4 is 9.47 Å². The van der Waals surface area contributed by atoms with Gasteiger partial charge in [-0.05, 0) is 74.7 Å². The maximum atomic E-state index is 13.4. The van der Waals surface area contributed by atoms with Gasteiger partial charge in [0, 0.05) is 6.07 Å². The van der Waals surface area contributed by atoms with Crippen LogP contribution in [0.5, 0.6) is 11.5 Å². The normalized spacial score (nSPS) is 16.4. The smallest absolute Gasteiger partial charge is 0.338 e. The second kappa shape index (κ2) is 16.3. The van der Waals surface area contributed by atoms with Crippen LogP contribution in [0.15, 0.2) is 97.1 Å². The Labute approximate surface area is 285 Å². The average Bonchev–Trinajstić information content (AvgIpc) is 3.43. The summed E-state index contributed by atoms with van der Waals surface area (Å²) in [5.74, 6) is -2.01. The molecule has 0 N–H and O–H groups in total. The molecule has 1 fully saturated rings. The standard InChI is InChI=1S/C39H40O10/c1-5-43-36(40)29-17-30(37(41)44-6-2)19-31(18-29)38(42)47-25-34-35(49-39(3,4)48-34)28-20-32(45-23-26-13-9-7-10-14-26)22-33(21-28)46-24-27-15-11-8-12-16-27/h7-22,34-35H,5-6,23-25H2,1-4H3/t34-,35+/m0/s1. The van der Waals surface area contributed by atoms with Gasteiger partial charge in [-0.1, -0.05) is 60.7 Å². The Morgan fingerprint density at radius 1 is 0.612 bits per heavy atom. The van der Waals surface area contributed by atoms with E-state index in [1.807, 2.05) is 78.9 Å². The molecule has 0 radical (unpaired) electrons. The predicted octanol–water partition coefficient (Wildman–Crippen LogP) is 7.25. The van der Waals surface area contributed by atoms with E-state index in [1.54, 1.807) is 27.7 Å². The third kappa shape index (κ3) is 9.68. The van der Waals surface area contributed by atoms with Crippen LogP contribution in [-0.2, 0) is 36.9 Å². The van der Waals surface area contributed by atoms with Crippen molar-refractivity contribution in [1.29, 1.82) is 0 Å². The highest BCUT2D eigenvalue weighted by molar-refractivity contribution is 6.00. The van der Waals surface area contributed by atoms with Gasteiger partial charge in [0.05, 0.1) is 29.9 Å². The number of ether oxygens (including phenoxy) is 7. The van der Waals surface area contributed by atoms with Gasteiger partial charge in [-0.2, -0.15) is 0 Å². The molecule has 0 bridgehead atoms. The Hall–Kier alpha value is -5.19. The quantitative estimate of drug-likeness (QED) is 0.101. The van der Waals surface area contributed by atoms with Crippen molar-refractivity contribution in [2.75, 3.05) is 19.8 Å². The summed E-state index contributed by atoms with van der Waals surface area (Å²) in [4.78, 5) is 38.4. The van der Waals surface area contributed by atoms with E-state index in [0.29, 0.717) is 30.3 Å². The molecule has 4 aromatic rings. The topological polar surface area (TPSA) is 116 Å². The molecule has 0 aromatic heterocycles. The van der Waals surface area contributed by atoms with Crippen molar-refractivity contribution in [3.05, 3.63) is 130 Å². The van der Waals surface area contributed by atoms with Crippen LogP contribution in [0.2, 0.25) is 0 Å². The highest BCUT2D eigenvalue weighted by Gasteiger charge is 2.43. The van der Waals surface area contributed by atoms with Crippen LogP contribution in [0.4, 0.5) is 0 Å². The van der Waals surface area contributed by atoms with Crippen LogP contribution in [-0.4, -0.2) is 49.6 Å². The molecule has 1 aliphatic rings. The van der Waals surface area contributed by atoms with Gasteiger partial charge in [0.25, 0.3) is 0 Å². The maximum absolute atomic E-state index is 13.4. The molecule has 49 heavy (non-hydrogen) atoms. The second-order valence-corrected chi connectivity index (χ2v) is 11.7. The summed E-state index contributed by atoms with van der Waals surface area (Å²) in [6.45, 7) is 7.61. The minimum Gasteiger partial charge on any atom is -0.489 e. The molecule has 1 saturated heterocycles. The van der Waals surface area contributed by atoms with E-state index >= 15 is 0 Å². The first-order valence-corrected chi connectivity index (χ1v) is 16.1. The fraction of sp³-hybridized carbons (Fsp3) is 0.308. The molecule has 0 aliphatic carbocycles. The summed E-state index contributed by atoms with van der Waals surface area (Å²) >= 11 is 0. The first-order chi connectivity index (χ1) is 23.6. The molecule has 0 spiro atoms. The summed E-state index contributed by atoms with van der Waals surface area (Å²) in [6, 6.07) is 29.1. The minimum absolute atomic E-state index is 0.0174. The van der Waals surface area contributed by atoms with Gasteiger partial charge < -0.3 is 33.2 Å². The SMILES string of the molecule is CCOC(=O)c1cc(C(=O)OCC)cc(C(=O)OC[C@@H]2OC(C)(C)O[C@@H]2c2cc(OCc3ccccc3)cc(OCc3ccccc3)c2)c1. The van der Waals surface area contributed by atoms with Crippen molar-refractivity contribution >= 4 is 17.9 Å². The van der Waals surface area contributed by atoms with Crippen molar-refractivity contribution in [3.8, 4) is 11.5 Å². The highest BCUT2D eigenvalue weighted by Crippen LogP contribution is 2.41. The lowest BCUT2D eigenvalue weighted by Crippen LogP contribution is -2.26. The zero-order valence-corrected chi connectivity index (χ0v) is 28.0. The van der Waals surface area contributed by atoms with E-state index in [2.05, 4.69) is 0 Å². The number of carbonyl (C=O) groups is 3. The number of hydrogen-bond donors (Lipinski definition) is 0. The lowest BCUT2D eigenvalue weighted by Gasteiger charge is -2.20. The van der Waals surface area contributed by atoms with Gasteiger partial charge in [0.2, 0.25) is 0 Å². The van der Waals surface area contributed by atoms with Crippen molar-refractivity contribution in [3.63, 3.8) is 0 Å². The Morgan fingerprint density at radius 2 is 1.06 bits per heavy atom. The first-order valence-electron chi connectivity index (χ1n) is 16.1. The highest BCUT2D eigenvalue weighted by atomic mass is 16.8. The average molecular weight is 669 g/mol. The third-order valence-corrected chi connectivity index (χ3v) is 7.48. The lowest BCUT2D eigenvalue weighted by atomic mass is 10.0. The molecule has 1 heterocycles. The van der Waals surface area contributed by atoms with E-state index in [0.717, 1.165) is 11.1 Å². The second-order valence-electron chi connectivity index (χ2n) is 11.7. The van der Waals surface area contributed by atoms with Crippen LogP contribution in [0.1, 0.15) is 81.6 Å². The number of benzene rings is 4. The molecule has 2 atom stereocenters. The predicted molar refractivity (Wildman–Crippen MR) is 179 cm³/mol. The summed E-state index contributed by atoms with van der Waals surface area (Å²) in [5, 5.41) is 0. The van der Waals surface area contributed by atoms with Crippen molar-refractivity contribution < 1.29 is 47.5 Å². The summed E-state index contributed by atoms with van der Waals surface area (Å²) in [5.41, 5.74) is 2.74. The van der Waals surface area contributed by atoms with E-state index in [1.165, 1.54) is 18.2 Å². The summed E-state index contributed by atoms with van der Waals surface area (Å²) in [7, 11) is 0. The molecule has 10 nitrogen and oxygen atoms in total. The van der Waals surface area contributed by atoms with Crippen LogP contribution in [0.3, 0.4) is 0 Å². The van der Waals surface area contributed by atoms with Gasteiger partial charge in [-0.15, -0.1) is 0 Å². The van der Waals surface area contributed by atoms with Gasteiger partial charge in [-0.25, -0.2) is 14.4 Å². The van der Waals surface area contributed by atoms with Crippen molar-refractivity contribution in [2.45, 2.75) is 58.9 Å². The number of carbonyl (C=O) groups excluding carboxylic acids is 3. The first kappa shape index (κ1) is 35.1. The molecular weight excluding hydrogens is 628 g/mol. The molecular formula is C39H40O10. The van der Waals surface area contributed by atoms with Gasteiger partial charge in [-0.3, -0.25) is 0 Å². The summed E-state index contributed by atoms with van der Waals surface area (Å²) in [6.07, 6.45) is -1.38. The van der Waals surface area contributed by atoms with Crippen LogP contribution in [0.25, 0.3) is 0 Å².